The average molecular weight is 399 g/mol. The third kappa shape index (κ3) is 3.70. The van der Waals surface area contributed by atoms with Crippen LogP contribution in [-0.2, 0) is 42.1 Å². The maximum atomic E-state index is 12.9. The maximum absolute atomic E-state index is 12.9. The summed E-state index contributed by atoms with van der Waals surface area (Å²) in [5, 5.41) is 11.9. The zero-order chi connectivity index (χ0) is 19.7. The van der Waals surface area contributed by atoms with Gasteiger partial charge in [0.05, 0.1) is 4.90 Å². The van der Waals surface area contributed by atoms with Gasteiger partial charge in [-0.05, 0) is 85.5 Å². The maximum Gasteiger partial charge on any atom is 0.354 e. The topological polar surface area (TPSA) is 96.6 Å². The summed E-state index contributed by atoms with van der Waals surface area (Å²) in [5.74, 6) is 0. The summed E-state index contributed by atoms with van der Waals surface area (Å²) in [4.78, 5) is 13.0. The van der Waals surface area contributed by atoms with Gasteiger partial charge in [0.15, 0.2) is 0 Å². The summed E-state index contributed by atoms with van der Waals surface area (Å²) in [6.07, 6.45) is 6.23. The summed E-state index contributed by atoms with van der Waals surface area (Å²) in [6.45, 7) is 0.702. The van der Waals surface area contributed by atoms with Crippen molar-refractivity contribution in [2.75, 3.05) is 12.4 Å². The van der Waals surface area contributed by atoms with Crippen molar-refractivity contribution in [1.29, 1.82) is 0 Å². The second-order valence-corrected chi connectivity index (χ2v) is 9.29. The Labute approximate surface area is 166 Å². The number of anilines is 1. The molecule has 6 nitrogen and oxygen atoms in total. The minimum atomic E-state index is -3.30. The van der Waals surface area contributed by atoms with Gasteiger partial charge in [0.2, 0.25) is 0 Å². The van der Waals surface area contributed by atoms with Crippen LogP contribution in [0.1, 0.15) is 40.7 Å². The van der Waals surface area contributed by atoms with Crippen molar-refractivity contribution in [3.05, 3.63) is 58.1 Å². The minimum absolute atomic E-state index is 0.353. The van der Waals surface area contributed by atoms with E-state index in [-0.39, 0.29) is 0 Å². The number of hydrogen-bond donors (Lipinski definition) is 3. The van der Waals surface area contributed by atoms with E-state index in [9.17, 15) is 9.00 Å². The molecule has 0 heterocycles. The van der Waals surface area contributed by atoms with Crippen molar-refractivity contribution in [2.45, 2.75) is 50.0 Å². The Morgan fingerprint density at radius 1 is 1.07 bits per heavy atom. The Bertz CT molecular complexity index is 1010. The lowest BCUT2D eigenvalue weighted by Crippen LogP contribution is -2.19. The molecule has 0 aliphatic heterocycles. The fourth-order valence-electron chi connectivity index (χ4n) is 4.28. The molecule has 4 rings (SSSR count). The first-order valence-corrected chi connectivity index (χ1v) is 11.3. The monoisotopic (exact) mass is 398 g/mol. The van der Waals surface area contributed by atoms with E-state index in [1.54, 1.807) is 12.1 Å². The van der Waals surface area contributed by atoms with E-state index in [4.69, 9.17) is 5.14 Å². The van der Waals surface area contributed by atoms with Crippen LogP contribution in [0.2, 0.25) is 0 Å². The highest BCUT2D eigenvalue weighted by Gasteiger charge is 2.25. The van der Waals surface area contributed by atoms with Crippen molar-refractivity contribution >= 4 is 21.6 Å². The Morgan fingerprint density at radius 2 is 1.68 bits per heavy atom. The summed E-state index contributed by atoms with van der Waals surface area (Å²) >= 11 is 0. The number of fused-ring (bicyclic) bond motifs is 2. The molecular formula is C21H26N4O2S. The van der Waals surface area contributed by atoms with Gasteiger partial charge in [-0.2, -0.15) is 0 Å². The first-order valence-electron chi connectivity index (χ1n) is 9.74. The molecule has 4 N–H and O–H groups in total. The Balaban J connectivity index is 1.62. The van der Waals surface area contributed by atoms with E-state index in [0.29, 0.717) is 11.4 Å². The molecule has 0 fully saturated rings. The van der Waals surface area contributed by atoms with Crippen LogP contribution in [0.4, 0.5) is 10.5 Å². The second-order valence-electron chi connectivity index (χ2n) is 7.50. The zero-order valence-electron chi connectivity index (χ0n) is 16.1. The zero-order valence-corrected chi connectivity index (χ0v) is 16.9. The van der Waals surface area contributed by atoms with Gasteiger partial charge in [-0.25, -0.2) is 14.1 Å². The number of hydrogen-bond acceptors (Lipinski definition) is 3. The highest BCUT2D eigenvalue weighted by molar-refractivity contribution is 7.91. The van der Waals surface area contributed by atoms with Gasteiger partial charge >= 0.3 is 6.03 Å². The number of nitrogens with two attached hydrogens (primary N) is 1. The second kappa shape index (κ2) is 7.66. The molecule has 1 atom stereocenters. The molecule has 0 saturated heterocycles. The number of nitrogens with zero attached hydrogens (tertiary/aromatic N) is 1. The number of benzene rings is 2. The van der Waals surface area contributed by atoms with Gasteiger partial charge in [-0.1, -0.05) is 18.2 Å². The van der Waals surface area contributed by atoms with Crippen LogP contribution in [0, 0.1) is 0 Å². The Kier molecular flexibility index (Phi) is 5.23. The highest BCUT2D eigenvalue weighted by atomic mass is 32.2. The van der Waals surface area contributed by atoms with Gasteiger partial charge in [0.25, 0.3) is 0 Å². The van der Waals surface area contributed by atoms with Crippen LogP contribution in [0.5, 0.6) is 0 Å². The fraction of sp³-hybridized carbons (Fsp3) is 0.381. The molecule has 28 heavy (non-hydrogen) atoms. The SMILES string of the molecule is CNCc1ccc(S(N)(=O)=NC(=O)Nc2c3c(cc4c2CCC4)CCC3)cc1. The molecule has 1 unspecified atom stereocenters. The third-order valence-corrected chi connectivity index (χ3v) is 6.95. The fourth-order valence-corrected chi connectivity index (χ4v) is 5.20. The van der Waals surface area contributed by atoms with E-state index in [0.717, 1.165) is 49.8 Å². The van der Waals surface area contributed by atoms with Crippen LogP contribution in [-0.4, -0.2) is 17.3 Å². The van der Waals surface area contributed by atoms with Gasteiger partial charge in [-0.15, -0.1) is 4.36 Å². The normalized spacial score (nSPS) is 16.9. The van der Waals surface area contributed by atoms with E-state index in [2.05, 4.69) is 21.1 Å². The molecule has 2 amide bonds. The van der Waals surface area contributed by atoms with Gasteiger partial charge in [0.1, 0.15) is 9.92 Å². The predicted molar refractivity (Wildman–Crippen MR) is 112 cm³/mol. The van der Waals surface area contributed by atoms with Gasteiger partial charge < -0.3 is 10.6 Å². The van der Waals surface area contributed by atoms with Crippen LogP contribution in [0.15, 0.2) is 39.6 Å². The van der Waals surface area contributed by atoms with E-state index < -0.39 is 15.9 Å². The first kappa shape index (κ1) is 19.1. The molecule has 0 aromatic heterocycles. The first-order chi connectivity index (χ1) is 13.5. The minimum Gasteiger partial charge on any atom is -0.316 e. The van der Waals surface area contributed by atoms with Gasteiger partial charge in [0, 0.05) is 12.2 Å². The lowest BCUT2D eigenvalue weighted by atomic mass is 9.99. The van der Waals surface area contributed by atoms with Crippen LogP contribution in [0.25, 0.3) is 0 Å². The van der Waals surface area contributed by atoms with Crippen molar-refractivity contribution in [3.63, 3.8) is 0 Å². The number of carbonyl (C=O) groups excluding carboxylic acids is 1. The quantitative estimate of drug-likeness (QED) is 0.737. The van der Waals surface area contributed by atoms with E-state index in [1.807, 2.05) is 19.2 Å². The molecule has 0 saturated carbocycles. The standard InChI is InChI=1S/C21H26N4O2S/c1-23-13-14-8-10-17(11-9-14)28(22,27)25-21(26)24-20-18-6-2-4-15(18)12-16-5-3-7-19(16)20/h8-12,23H,2-7,13H2,1H3,(H3,22,24,25,26,27). The average Bonchev–Trinajstić information content (AvgIpc) is 3.31. The smallest absolute Gasteiger partial charge is 0.316 e. The van der Waals surface area contributed by atoms with E-state index in [1.165, 1.54) is 22.3 Å². The van der Waals surface area contributed by atoms with E-state index >= 15 is 0 Å². The van der Waals surface area contributed by atoms with Crippen LogP contribution < -0.4 is 15.8 Å². The number of nitrogens with one attached hydrogen (secondary N) is 2. The summed E-state index contributed by atoms with van der Waals surface area (Å²) in [5.41, 5.74) is 7.00. The molecule has 2 aliphatic rings. The summed E-state index contributed by atoms with van der Waals surface area (Å²) in [7, 11) is -1.44. The van der Waals surface area contributed by atoms with Gasteiger partial charge in [-0.3, -0.25) is 0 Å². The van der Waals surface area contributed by atoms with Crippen molar-refractivity contribution in [1.82, 2.24) is 5.32 Å². The number of carbonyl (C=O) groups is 1. The summed E-state index contributed by atoms with van der Waals surface area (Å²) < 4.78 is 16.7. The Hall–Kier alpha value is -2.22. The van der Waals surface area contributed by atoms with Crippen molar-refractivity contribution in [2.24, 2.45) is 9.50 Å². The van der Waals surface area contributed by atoms with Crippen LogP contribution >= 0.6 is 0 Å². The lowest BCUT2D eigenvalue weighted by molar-refractivity contribution is 0.260. The van der Waals surface area contributed by atoms with Crippen molar-refractivity contribution in [3.8, 4) is 0 Å². The molecule has 0 bridgehead atoms. The molecule has 0 radical (unpaired) electrons. The number of rotatable bonds is 4. The highest BCUT2D eigenvalue weighted by Crippen LogP contribution is 2.38. The molecule has 2 aliphatic carbocycles. The predicted octanol–water partition coefficient (Wildman–Crippen LogP) is 3.32. The molecular weight excluding hydrogens is 372 g/mol. The number of aryl methyl sites for hydroxylation is 2. The third-order valence-electron chi connectivity index (χ3n) is 5.57. The Morgan fingerprint density at radius 3 is 2.25 bits per heavy atom. The number of urea groups is 1. The molecule has 0 spiro atoms. The lowest BCUT2D eigenvalue weighted by Gasteiger charge is -2.15. The van der Waals surface area contributed by atoms with Crippen LogP contribution in [0.3, 0.4) is 0 Å². The number of amides is 2. The summed E-state index contributed by atoms with van der Waals surface area (Å²) in [6, 6.07) is 8.68. The largest absolute Gasteiger partial charge is 0.354 e. The molecule has 148 valence electrons. The molecule has 2 aromatic carbocycles. The molecule has 7 heteroatoms. The molecule has 2 aromatic rings. The van der Waals surface area contributed by atoms with Crippen molar-refractivity contribution < 1.29 is 9.00 Å².